The molecule has 0 aromatic heterocycles. The van der Waals surface area contributed by atoms with Crippen LogP contribution in [0.15, 0.2) is 0 Å². The summed E-state index contributed by atoms with van der Waals surface area (Å²) in [5.41, 5.74) is 0. The van der Waals surface area contributed by atoms with Gasteiger partial charge in [-0.2, -0.15) is 22.2 Å². The topological polar surface area (TPSA) is 0 Å². The molecule has 38 heavy (non-hydrogen) atoms. The highest BCUT2D eigenvalue weighted by atomic mass is 35.6. The summed E-state index contributed by atoms with van der Waals surface area (Å²) in [5, 5.41) is 0.703. The predicted molar refractivity (Wildman–Crippen MR) is 177 cm³/mol. The van der Waals surface area contributed by atoms with Crippen LogP contribution in [0, 0.1) is 47.3 Å². The van der Waals surface area contributed by atoms with Crippen LogP contribution in [0.2, 0.25) is 45.6 Å². The Morgan fingerprint density at radius 2 is 0.684 bits per heavy atom. The number of hydrogen-bond acceptors (Lipinski definition) is 0. The first-order chi connectivity index (χ1) is 17.3. The van der Waals surface area contributed by atoms with E-state index < -0.39 is 29.0 Å². The summed E-state index contributed by atoms with van der Waals surface area (Å²) < 4.78 is 0.829. The fourth-order valence-corrected chi connectivity index (χ4v) is 95.1. The summed E-state index contributed by atoms with van der Waals surface area (Å²) in [5.74, 6) is 7.56. The second-order valence-electron chi connectivity index (χ2n) is 19.4. The largest absolute Gasteiger partial charge is 0.170 e. The van der Waals surface area contributed by atoms with Gasteiger partial charge in [0.25, 0.3) is 0 Å². The Hall–Kier alpha value is 1.45. The predicted octanol–water partition coefficient (Wildman–Crippen LogP) is 11.0. The lowest BCUT2D eigenvalue weighted by Gasteiger charge is -2.93. The van der Waals surface area contributed by atoms with Crippen molar-refractivity contribution in [1.82, 2.24) is 0 Å². The van der Waals surface area contributed by atoms with E-state index in [-0.39, 0.29) is 0 Å². The average Bonchev–Trinajstić information content (AvgIpc) is 2.75. The van der Waals surface area contributed by atoms with E-state index in [4.69, 9.17) is 0 Å². The Kier molecular flexibility index (Phi) is 5.75. The van der Waals surface area contributed by atoms with Crippen LogP contribution >= 0.6 is 22.2 Å². The summed E-state index contributed by atoms with van der Waals surface area (Å²) in [6.45, 7) is 22.6. The zero-order valence-electron chi connectivity index (χ0n) is 26.4. The fraction of sp³-hybridized carbons (Fsp3) is 1.00. The van der Waals surface area contributed by atoms with Gasteiger partial charge in [-0.05, 0) is 131 Å². The van der Waals surface area contributed by atoms with Crippen molar-refractivity contribution in [2.24, 2.45) is 47.3 Å². The van der Waals surface area contributed by atoms with Crippen LogP contribution in [0.3, 0.4) is 0 Å². The van der Waals surface area contributed by atoms with Crippen LogP contribution in [-0.2, 0) is 0 Å². The van der Waals surface area contributed by atoms with Gasteiger partial charge in [0.05, 0.1) is 15.2 Å². The molecule has 9 rings (SSSR count). The molecule has 2 spiro atoms. The normalized spacial score (nSPS) is 55.3. The van der Waals surface area contributed by atoms with Crippen LogP contribution in [0.4, 0.5) is 0 Å². The van der Waals surface area contributed by atoms with Gasteiger partial charge < -0.3 is 0 Å². The van der Waals surface area contributed by atoms with E-state index >= 15 is 0 Å². The van der Waals surface area contributed by atoms with Crippen molar-refractivity contribution in [2.75, 3.05) is 0 Å². The molecule has 8 aliphatic carbocycles. The number of halogens is 2. The summed E-state index contributed by atoms with van der Waals surface area (Å²) in [4.78, 5) is 0. The Morgan fingerprint density at radius 3 is 0.868 bits per heavy atom. The third-order valence-electron chi connectivity index (χ3n) is 16.6. The van der Waals surface area contributed by atoms with Crippen molar-refractivity contribution in [3.8, 4) is 0 Å². The second-order valence-corrected chi connectivity index (χ2v) is 53.2. The van der Waals surface area contributed by atoms with Crippen LogP contribution in [-0.4, -0.2) is 29.0 Å². The SMILES string of the molecule is CC(C)(C)[Si](C)(C)[Si]1(Cl)C2(C3CC4CC(C3)CC2C4)[Si](Cl)([Si](C)(C)C(C)(C)C)C12C1CC3CC(C1)CC2C3. The van der Waals surface area contributed by atoms with E-state index in [0.29, 0.717) is 19.4 Å². The average molecular weight is 626 g/mol. The molecule has 1 saturated heterocycles. The molecule has 0 atom stereocenters. The monoisotopic (exact) mass is 624 g/mol. The molecule has 216 valence electrons. The second kappa shape index (κ2) is 7.74. The first-order valence-corrected chi connectivity index (χ1v) is 30.7. The zero-order chi connectivity index (χ0) is 27.7. The fourth-order valence-electron chi connectivity index (χ4n) is 14.3. The minimum Gasteiger partial charge on any atom is -0.170 e. The van der Waals surface area contributed by atoms with Crippen molar-refractivity contribution in [2.45, 2.75) is 151 Å². The van der Waals surface area contributed by atoms with Gasteiger partial charge in [-0.15, -0.1) is 0 Å². The molecule has 0 aromatic carbocycles. The van der Waals surface area contributed by atoms with Crippen LogP contribution in [0.5, 0.6) is 0 Å². The number of hydrogen-bond donors (Lipinski definition) is 0. The van der Waals surface area contributed by atoms with E-state index in [1.807, 2.05) is 0 Å². The first-order valence-electron chi connectivity index (χ1n) is 16.7. The lowest BCUT2D eigenvalue weighted by atomic mass is 9.54. The smallest absolute Gasteiger partial charge is 0.157 e. The molecule has 0 amide bonds. The van der Waals surface area contributed by atoms with Gasteiger partial charge in [0, 0.05) is 0 Å². The minimum atomic E-state index is -2.32. The molecule has 1 aliphatic heterocycles. The highest BCUT2D eigenvalue weighted by Gasteiger charge is 3.01. The molecule has 0 nitrogen and oxygen atoms in total. The van der Waals surface area contributed by atoms with Gasteiger partial charge in [-0.3, -0.25) is 0 Å². The lowest BCUT2D eigenvalue weighted by molar-refractivity contribution is -0.0396. The van der Waals surface area contributed by atoms with E-state index in [2.05, 4.69) is 67.7 Å². The molecule has 9 aliphatic rings. The molecule has 8 saturated carbocycles. The molecule has 0 radical (unpaired) electrons. The summed E-state index contributed by atoms with van der Waals surface area (Å²) in [7, 11) is -3.72. The Morgan fingerprint density at radius 1 is 0.474 bits per heavy atom. The lowest BCUT2D eigenvalue weighted by Crippen LogP contribution is -3.02. The number of rotatable bonds is 2. The minimum absolute atomic E-state index is 0.352. The van der Waals surface area contributed by atoms with Crippen molar-refractivity contribution < 1.29 is 0 Å². The van der Waals surface area contributed by atoms with E-state index in [1.165, 1.54) is 64.2 Å². The molecular formula is C32H58Cl2Si4. The van der Waals surface area contributed by atoms with Crippen LogP contribution in [0.25, 0.3) is 0 Å². The maximum Gasteiger partial charge on any atom is 0.157 e. The molecule has 0 aromatic rings. The van der Waals surface area contributed by atoms with Gasteiger partial charge in [0.1, 0.15) is 0 Å². The maximum atomic E-state index is 9.30. The van der Waals surface area contributed by atoms with E-state index in [9.17, 15) is 22.2 Å². The van der Waals surface area contributed by atoms with Crippen molar-refractivity contribution >= 4 is 51.1 Å². The van der Waals surface area contributed by atoms with Gasteiger partial charge in [-0.25, -0.2) is 0 Å². The van der Waals surface area contributed by atoms with Gasteiger partial charge in [0.15, 0.2) is 13.8 Å². The molecule has 6 heteroatoms. The summed E-state index contributed by atoms with van der Waals surface area (Å²) in [6.07, 6.45) is 15.2. The summed E-state index contributed by atoms with van der Waals surface area (Å²) >= 11 is 18.6. The Balaban J connectivity index is 1.58. The van der Waals surface area contributed by atoms with Crippen molar-refractivity contribution in [3.63, 3.8) is 0 Å². The standard InChI is InChI=1S/C32H58Cl2Si4/c1-29(2,3)35(7,8)37(33)31(25-13-21-11-22(15-25)16-26(31)14-21)38(34,36(9,10)30(4,5)6)32(37)27-17-23-12-24(19-27)20-28(32)18-23/h21-28H,11-20H2,1-10H3. The summed E-state index contributed by atoms with van der Waals surface area (Å²) in [6, 6.07) is 0. The van der Waals surface area contributed by atoms with Gasteiger partial charge in [-0.1, -0.05) is 67.7 Å². The third-order valence-corrected chi connectivity index (χ3v) is 76.8. The van der Waals surface area contributed by atoms with E-state index in [0.717, 1.165) is 47.3 Å². The molecule has 0 N–H and O–H groups in total. The quantitative estimate of drug-likeness (QED) is 0.212. The molecule has 9 fully saturated rings. The molecular weight excluding hydrogens is 568 g/mol. The highest BCUT2D eigenvalue weighted by molar-refractivity contribution is 7.82. The Labute approximate surface area is 248 Å². The molecule has 0 unspecified atom stereocenters. The van der Waals surface area contributed by atoms with Crippen molar-refractivity contribution in [3.05, 3.63) is 0 Å². The Bertz CT molecular complexity index is 883. The first kappa shape index (κ1) is 28.2. The van der Waals surface area contributed by atoms with Crippen molar-refractivity contribution in [1.29, 1.82) is 0 Å². The zero-order valence-corrected chi connectivity index (χ0v) is 32.0. The van der Waals surface area contributed by atoms with Crippen LogP contribution < -0.4 is 0 Å². The maximum absolute atomic E-state index is 9.30. The highest BCUT2D eigenvalue weighted by Crippen LogP contribution is 2.97. The van der Waals surface area contributed by atoms with Gasteiger partial charge >= 0.3 is 0 Å². The molecule has 1 heterocycles. The van der Waals surface area contributed by atoms with Crippen LogP contribution in [0.1, 0.15) is 106 Å². The van der Waals surface area contributed by atoms with E-state index in [1.54, 1.807) is 0 Å². The van der Waals surface area contributed by atoms with Gasteiger partial charge in [0.2, 0.25) is 0 Å². The third kappa shape index (κ3) is 2.63. The molecule has 8 bridgehead atoms.